The van der Waals surface area contributed by atoms with Gasteiger partial charge in [-0.3, -0.25) is 9.69 Å². The van der Waals surface area contributed by atoms with E-state index in [1.54, 1.807) is 0 Å². The Morgan fingerprint density at radius 1 is 1.22 bits per heavy atom. The molecular weight excluding hydrogens is 310 g/mol. The van der Waals surface area contributed by atoms with Crippen LogP contribution < -0.4 is 10.6 Å². The Morgan fingerprint density at radius 2 is 1.91 bits per heavy atom. The highest BCUT2D eigenvalue weighted by molar-refractivity contribution is 7.09. The van der Waals surface area contributed by atoms with Crippen molar-refractivity contribution in [2.45, 2.75) is 64.0 Å². The summed E-state index contributed by atoms with van der Waals surface area (Å²) in [6.07, 6.45) is 4.13. The third-order valence-corrected chi connectivity index (χ3v) is 5.69. The zero-order chi connectivity index (χ0) is 16.6. The van der Waals surface area contributed by atoms with E-state index in [2.05, 4.69) is 34.9 Å². The number of carbonyl (C=O) groups excluding carboxylic acids is 1. The number of carbonyl (C=O) groups is 1. The number of aromatic nitrogens is 2. The summed E-state index contributed by atoms with van der Waals surface area (Å²) in [4.78, 5) is 21.0. The van der Waals surface area contributed by atoms with E-state index in [1.165, 1.54) is 11.5 Å². The van der Waals surface area contributed by atoms with Crippen molar-refractivity contribution in [1.82, 2.24) is 14.3 Å². The summed E-state index contributed by atoms with van der Waals surface area (Å²) in [5.41, 5.74) is 5.55. The van der Waals surface area contributed by atoms with Crippen LogP contribution in [0, 0.1) is 0 Å². The maximum Gasteiger partial charge on any atom is 0.234 e. The van der Waals surface area contributed by atoms with Gasteiger partial charge >= 0.3 is 0 Å². The number of primary amides is 1. The molecule has 1 amide bonds. The summed E-state index contributed by atoms with van der Waals surface area (Å²) in [5, 5.41) is 1.03. The van der Waals surface area contributed by atoms with Gasteiger partial charge in [-0.1, -0.05) is 20.8 Å². The summed E-state index contributed by atoms with van der Waals surface area (Å²) < 4.78 is 4.51. The van der Waals surface area contributed by atoms with Crippen LogP contribution in [0.2, 0.25) is 0 Å². The summed E-state index contributed by atoms with van der Waals surface area (Å²) in [6.45, 7) is 9.38. The molecule has 128 valence electrons. The van der Waals surface area contributed by atoms with Gasteiger partial charge in [0.05, 0.1) is 6.04 Å². The topological polar surface area (TPSA) is 75.3 Å². The Hall–Kier alpha value is -1.21. The predicted molar refractivity (Wildman–Crippen MR) is 92.8 cm³/mol. The molecule has 2 fully saturated rings. The summed E-state index contributed by atoms with van der Waals surface area (Å²) in [5.74, 6) is 0.761. The largest absolute Gasteiger partial charge is 0.368 e. The highest BCUT2D eigenvalue weighted by atomic mass is 32.1. The first-order valence-corrected chi connectivity index (χ1v) is 9.28. The maximum atomic E-state index is 11.6. The maximum absolute atomic E-state index is 11.6. The summed E-state index contributed by atoms with van der Waals surface area (Å²) >= 11 is 1.50. The summed E-state index contributed by atoms with van der Waals surface area (Å²) in [7, 11) is 0. The van der Waals surface area contributed by atoms with Crippen molar-refractivity contribution in [3.8, 4) is 0 Å². The number of nitrogens with zero attached hydrogens (tertiary/aromatic N) is 4. The van der Waals surface area contributed by atoms with Crippen LogP contribution in [0.3, 0.4) is 0 Å². The fourth-order valence-corrected chi connectivity index (χ4v) is 4.48. The second kappa shape index (κ2) is 6.36. The van der Waals surface area contributed by atoms with Crippen molar-refractivity contribution < 1.29 is 4.79 Å². The fourth-order valence-electron chi connectivity index (χ4n) is 3.57. The van der Waals surface area contributed by atoms with Gasteiger partial charge in [-0.25, -0.2) is 4.98 Å². The second-order valence-electron chi connectivity index (χ2n) is 7.67. The van der Waals surface area contributed by atoms with Gasteiger partial charge in [-0.2, -0.15) is 4.37 Å². The highest BCUT2D eigenvalue weighted by Crippen LogP contribution is 2.30. The molecule has 0 unspecified atom stereocenters. The number of nitrogens with two attached hydrogens (primary N) is 1. The van der Waals surface area contributed by atoms with E-state index in [-0.39, 0.29) is 17.4 Å². The molecule has 2 aliphatic rings. The van der Waals surface area contributed by atoms with Crippen LogP contribution >= 0.6 is 11.5 Å². The lowest BCUT2D eigenvalue weighted by molar-refractivity contribution is -0.123. The summed E-state index contributed by atoms with van der Waals surface area (Å²) in [6, 6.07) is 0.418. The molecule has 0 aliphatic carbocycles. The van der Waals surface area contributed by atoms with Gasteiger partial charge in [-0.05, 0) is 32.2 Å². The van der Waals surface area contributed by atoms with E-state index in [4.69, 9.17) is 10.7 Å². The average Bonchev–Trinajstić information content (AvgIpc) is 3.16. The van der Waals surface area contributed by atoms with Crippen LogP contribution in [-0.2, 0) is 10.2 Å². The fraction of sp³-hybridized carbons (Fsp3) is 0.812. The van der Waals surface area contributed by atoms with Crippen LogP contribution in [0.4, 0.5) is 5.13 Å². The van der Waals surface area contributed by atoms with Gasteiger partial charge in [0, 0.05) is 36.1 Å². The predicted octanol–water partition coefficient (Wildman–Crippen LogP) is 1.75. The van der Waals surface area contributed by atoms with E-state index >= 15 is 0 Å². The van der Waals surface area contributed by atoms with Crippen LogP contribution in [0.25, 0.3) is 0 Å². The molecule has 0 aromatic carbocycles. The number of hydrogen-bond acceptors (Lipinski definition) is 6. The molecule has 0 bridgehead atoms. The Balaban J connectivity index is 1.60. The Morgan fingerprint density at radius 3 is 2.48 bits per heavy atom. The van der Waals surface area contributed by atoms with Crippen LogP contribution in [0.15, 0.2) is 0 Å². The van der Waals surface area contributed by atoms with Gasteiger partial charge in [0.15, 0.2) is 0 Å². The van der Waals surface area contributed by atoms with Crippen molar-refractivity contribution in [3.63, 3.8) is 0 Å². The lowest BCUT2D eigenvalue weighted by atomic mass is 9.96. The van der Waals surface area contributed by atoms with E-state index in [0.29, 0.717) is 6.04 Å². The molecule has 1 aromatic heterocycles. The second-order valence-corrected chi connectivity index (χ2v) is 8.40. The molecule has 2 saturated heterocycles. The molecule has 3 rings (SSSR count). The normalized spacial score (nSPS) is 24.3. The molecule has 3 heterocycles. The van der Waals surface area contributed by atoms with Gasteiger partial charge < -0.3 is 10.6 Å². The lowest BCUT2D eigenvalue weighted by Gasteiger charge is -2.38. The SMILES string of the molecule is CC(C)(C)c1nsc(N2CCC(N3CCC[C@@H]3C(N)=O)CC2)n1. The average molecular weight is 337 g/mol. The standard InChI is InChI=1S/C16H27N5OS/c1-16(2,3)14-18-15(23-19-14)20-9-6-11(7-10-20)21-8-4-5-12(21)13(17)22/h11-12H,4-10H2,1-3H3,(H2,17,22)/t12-/m1/s1. The Bertz CT molecular complexity index is 559. The first-order valence-electron chi connectivity index (χ1n) is 8.50. The van der Waals surface area contributed by atoms with Crippen molar-refractivity contribution in [2.24, 2.45) is 5.73 Å². The van der Waals surface area contributed by atoms with Gasteiger partial charge in [0.1, 0.15) is 5.82 Å². The molecule has 0 saturated carbocycles. The molecule has 23 heavy (non-hydrogen) atoms. The van der Waals surface area contributed by atoms with Crippen LogP contribution in [0.5, 0.6) is 0 Å². The van der Waals surface area contributed by atoms with Crippen molar-refractivity contribution in [1.29, 1.82) is 0 Å². The lowest BCUT2D eigenvalue weighted by Crippen LogP contribution is -2.50. The smallest absolute Gasteiger partial charge is 0.234 e. The zero-order valence-electron chi connectivity index (χ0n) is 14.3. The number of likely N-dealkylation sites (tertiary alicyclic amines) is 1. The minimum Gasteiger partial charge on any atom is -0.368 e. The number of anilines is 1. The number of piperidine rings is 1. The van der Waals surface area contributed by atoms with E-state index in [9.17, 15) is 4.79 Å². The van der Waals surface area contributed by atoms with Crippen LogP contribution in [0.1, 0.15) is 52.3 Å². The third kappa shape index (κ3) is 3.50. The Labute approximate surface area is 142 Å². The van der Waals surface area contributed by atoms with Crippen molar-refractivity contribution in [2.75, 3.05) is 24.5 Å². The van der Waals surface area contributed by atoms with Gasteiger partial charge in [-0.15, -0.1) is 0 Å². The number of amides is 1. The van der Waals surface area contributed by atoms with Gasteiger partial charge in [0.2, 0.25) is 11.0 Å². The molecule has 2 N–H and O–H groups in total. The zero-order valence-corrected chi connectivity index (χ0v) is 15.1. The molecule has 0 radical (unpaired) electrons. The quantitative estimate of drug-likeness (QED) is 0.909. The molecule has 6 nitrogen and oxygen atoms in total. The monoisotopic (exact) mass is 337 g/mol. The molecular formula is C16H27N5OS. The molecule has 1 atom stereocenters. The first kappa shape index (κ1) is 16.6. The molecule has 0 spiro atoms. The number of rotatable bonds is 3. The molecule has 2 aliphatic heterocycles. The Kier molecular flexibility index (Phi) is 4.60. The van der Waals surface area contributed by atoms with E-state index in [0.717, 1.165) is 56.3 Å². The molecule has 1 aromatic rings. The van der Waals surface area contributed by atoms with Crippen LogP contribution in [-0.4, -0.2) is 51.9 Å². The van der Waals surface area contributed by atoms with E-state index < -0.39 is 0 Å². The third-order valence-electron chi connectivity index (χ3n) is 4.91. The minimum absolute atomic E-state index is 0.00265. The number of hydrogen-bond donors (Lipinski definition) is 1. The molecule has 7 heteroatoms. The highest BCUT2D eigenvalue weighted by Gasteiger charge is 2.36. The van der Waals surface area contributed by atoms with E-state index in [1.807, 2.05) is 0 Å². The van der Waals surface area contributed by atoms with Gasteiger partial charge in [0.25, 0.3) is 0 Å². The first-order chi connectivity index (χ1) is 10.9. The minimum atomic E-state index is -0.163. The van der Waals surface area contributed by atoms with Crippen molar-refractivity contribution in [3.05, 3.63) is 5.82 Å². The van der Waals surface area contributed by atoms with Crippen molar-refractivity contribution >= 4 is 22.6 Å².